The Balaban J connectivity index is 1.92. The van der Waals surface area contributed by atoms with Crippen LogP contribution in [-0.2, 0) is 0 Å². The molecule has 0 bridgehead atoms. The van der Waals surface area contributed by atoms with Gasteiger partial charge in [-0.25, -0.2) is 0 Å². The van der Waals surface area contributed by atoms with Crippen LogP contribution < -0.4 is 10.5 Å². The van der Waals surface area contributed by atoms with Crippen molar-refractivity contribution in [2.24, 2.45) is 10.2 Å². The summed E-state index contributed by atoms with van der Waals surface area (Å²) in [4.78, 5) is 0. The van der Waals surface area contributed by atoms with Gasteiger partial charge in [-0.15, -0.1) is 0 Å². The molecule has 0 amide bonds. The Morgan fingerprint density at radius 2 is 1.58 bits per heavy atom. The minimum absolute atomic E-state index is 0.516. The highest BCUT2D eigenvalue weighted by molar-refractivity contribution is 5.53. The molecule has 136 valence electrons. The van der Waals surface area contributed by atoms with Gasteiger partial charge in [0.2, 0.25) is 0 Å². The minimum Gasteiger partial charge on any atom is -0.492 e. The van der Waals surface area contributed by atoms with Gasteiger partial charge in [-0.2, -0.15) is 15.5 Å². The molecule has 0 saturated heterocycles. The summed E-state index contributed by atoms with van der Waals surface area (Å²) < 4.78 is 5.80. The number of azo groups is 1. The Hall–Kier alpha value is -2.87. The number of unbranched alkanes of at least 4 members (excludes halogenated alkanes) is 5. The molecule has 0 aliphatic carbocycles. The molecule has 0 fully saturated rings. The van der Waals surface area contributed by atoms with Crippen molar-refractivity contribution in [3.05, 3.63) is 48.0 Å². The molecule has 0 saturated carbocycles. The average molecular weight is 350 g/mol. The average Bonchev–Trinajstić information content (AvgIpc) is 2.67. The molecule has 2 aromatic rings. The predicted molar refractivity (Wildman–Crippen MR) is 105 cm³/mol. The van der Waals surface area contributed by atoms with Crippen LogP contribution in [0.2, 0.25) is 0 Å². The van der Waals surface area contributed by atoms with Crippen molar-refractivity contribution in [2.45, 2.75) is 45.4 Å². The zero-order valence-corrected chi connectivity index (χ0v) is 15.3. The topological polar surface area (TPSA) is 83.8 Å². The van der Waals surface area contributed by atoms with Gasteiger partial charge in [0, 0.05) is 11.8 Å². The summed E-state index contributed by atoms with van der Waals surface area (Å²) in [5.41, 5.74) is 8.23. The lowest BCUT2D eigenvalue weighted by molar-refractivity contribution is 0.303. The summed E-state index contributed by atoms with van der Waals surface area (Å²) in [6, 6.07) is 14.6. The summed E-state index contributed by atoms with van der Waals surface area (Å²) in [7, 11) is 0. The van der Waals surface area contributed by atoms with Crippen LogP contribution in [-0.4, -0.2) is 6.61 Å². The van der Waals surface area contributed by atoms with Crippen LogP contribution in [0.15, 0.2) is 52.7 Å². The number of benzene rings is 2. The second-order valence-electron chi connectivity index (χ2n) is 6.20. The maximum absolute atomic E-state index is 9.25. The van der Waals surface area contributed by atoms with Gasteiger partial charge in [0.25, 0.3) is 0 Å². The van der Waals surface area contributed by atoms with Crippen molar-refractivity contribution in [1.82, 2.24) is 0 Å². The van der Waals surface area contributed by atoms with Gasteiger partial charge in [-0.1, -0.05) is 39.0 Å². The molecular formula is C21H26N4O. The van der Waals surface area contributed by atoms with Crippen LogP contribution in [0.5, 0.6) is 5.75 Å². The summed E-state index contributed by atoms with van der Waals surface area (Å²) in [5, 5.41) is 17.6. The maximum Gasteiger partial charge on any atom is 0.139 e. The second kappa shape index (κ2) is 10.9. The van der Waals surface area contributed by atoms with E-state index in [1.54, 1.807) is 42.5 Å². The Morgan fingerprint density at radius 1 is 0.923 bits per heavy atom. The van der Waals surface area contributed by atoms with Crippen LogP contribution in [0, 0.1) is 11.3 Å². The van der Waals surface area contributed by atoms with Crippen molar-refractivity contribution in [2.75, 3.05) is 12.3 Å². The SMILES string of the molecule is CCCCCCCCOc1cc(/N=N/c2ccc(N)cc2)ccc1C#N. The molecule has 5 heteroatoms. The first-order chi connectivity index (χ1) is 12.7. The molecule has 0 atom stereocenters. The Morgan fingerprint density at radius 3 is 2.31 bits per heavy atom. The summed E-state index contributed by atoms with van der Waals surface area (Å²) >= 11 is 0. The molecule has 0 aliphatic rings. The fraction of sp³-hybridized carbons (Fsp3) is 0.381. The lowest BCUT2D eigenvalue weighted by Gasteiger charge is -2.08. The van der Waals surface area contributed by atoms with E-state index < -0.39 is 0 Å². The number of anilines is 1. The molecule has 0 aromatic heterocycles. The number of nitrogens with two attached hydrogens (primary N) is 1. The summed E-state index contributed by atoms with van der Waals surface area (Å²) in [6.45, 7) is 2.82. The van der Waals surface area contributed by atoms with E-state index in [2.05, 4.69) is 23.2 Å². The Kier molecular flexibility index (Phi) is 8.14. The third-order valence-electron chi connectivity index (χ3n) is 4.02. The van der Waals surface area contributed by atoms with Crippen LogP contribution in [0.25, 0.3) is 0 Å². The van der Waals surface area contributed by atoms with E-state index in [1.165, 1.54) is 25.7 Å². The molecule has 0 unspecified atom stereocenters. The van der Waals surface area contributed by atoms with E-state index >= 15 is 0 Å². The highest BCUT2D eigenvalue weighted by Gasteiger charge is 2.05. The first-order valence-corrected chi connectivity index (χ1v) is 9.17. The Labute approximate surface area is 155 Å². The van der Waals surface area contributed by atoms with E-state index in [-0.39, 0.29) is 0 Å². The molecule has 0 aliphatic heterocycles. The highest BCUT2D eigenvalue weighted by atomic mass is 16.5. The van der Waals surface area contributed by atoms with Gasteiger partial charge < -0.3 is 10.5 Å². The van der Waals surface area contributed by atoms with Gasteiger partial charge in [-0.05, 0) is 42.8 Å². The second-order valence-corrected chi connectivity index (χ2v) is 6.20. The normalized spacial score (nSPS) is 10.8. The number of rotatable bonds is 10. The molecule has 5 nitrogen and oxygen atoms in total. The van der Waals surface area contributed by atoms with Gasteiger partial charge in [0.1, 0.15) is 11.8 Å². The molecular weight excluding hydrogens is 324 g/mol. The van der Waals surface area contributed by atoms with E-state index in [0.717, 1.165) is 18.5 Å². The van der Waals surface area contributed by atoms with Crippen molar-refractivity contribution in [3.8, 4) is 11.8 Å². The molecule has 2 rings (SSSR count). The largest absolute Gasteiger partial charge is 0.492 e. The molecule has 2 aromatic carbocycles. The predicted octanol–water partition coefficient (Wildman–Crippen LogP) is 6.30. The minimum atomic E-state index is 0.516. The fourth-order valence-corrected chi connectivity index (χ4v) is 2.51. The van der Waals surface area contributed by atoms with E-state index in [4.69, 9.17) is 10.5 Å². The van der Waals surface area contributed by atoms with Gasteiger partial charge in [0.05, 0.1) is 23.5 Å². The monoisotopic (exact) mass is 350 g/mol. The van der Waals surface area contributed by atoms with E-state index in [1.807, 2.05) is 0 Å². The number of nitriles is 1. The Bertz CT molecular complexity index is 748. The summed E-state index contributed by atoms with van der Waals surface area (Å²) in [6.07, 6.45) is 7.20. The number of nitrogens with zero attached hydrogens (tertiary/aromatic N) is 3. The van der Waals surface area contributed by atoms with Gasteiger partial charge in [0.15, 0.2) is 0 Å². The molecule has 0 heterocycles. The standard InChI is InChI=1S/C21H26N4O/c1-2-3-4-5-6-7-14-26-21-15-20(11-8-17(21)16-22)25-24-19-12-9-18(23)10-13-19/h8-13,15H,2-7,14,23H2,1H3/b25-24+. The molecule has 2 N–H and O–H groups in total. The molecule has 0 radical (unpaired) electrons. The van der Waals surface area contributed by atoms with E-state index in [9.17, 15) is 5.26 Å². The van der Waals surface area contributed by atoms with Crippen LogP contribution in [0.1, 0.15) is 51.0 Å². The third-order valence-corrected chi connectivity index (χ3v) is 4.02. The first kappa shape index (κ1) is 19.5. The summed E-state index contributed by atoms with van der Waals surface area (Å²) in [5.74, 6) is 0.565. The zero-order valence-electron chi connectivity index (χ0n) is 15.3. The molecule has 26 heavy (non-hydrogen) atoms. The zero-order chi connectivity index (χ0) is 18.6. The third kappa shape index (κ3) is 6.56. The quantitative estimate of drug-likeness (QED) is 0.310. The number of hydrogen-bond acceptors (Lipinski definition) is 5. The van der Waals surface area contributed by atoms with Crippen LogP contribution >= 0.6 is 0 Å². The number of nitrogen functional groups attached to an aromatic ring is 1. The van der Waals surface area contributed by atoms with Gasteiger partial charge >= 0.3 is 0 Å². The number of ether oxygens (including phenoxy) is 1. The maximum atomic E-state index is 9.25. The van der Waals surface area contributed by atoms with Crippen LogP contribution in [0.3, 0.4) is 0 Å². The fourth-order valence-electron chi connectivity index (χ4n) is 2.51. The van der Waals surface area contributed by atoms with Crippen molar-refractivity contribution in [3.63, 3.8) is 0 Å². The smallest absolute Gasteiger partial charge is 0.139 e. The lowest BCUT2D eigenvalue weighted by atomic mass is 10.1. The van der Waals surface area contributed by atoms with Crippen molar-refractivity contribution in [1.29, 1.82) is 5.26 Å². The highest BCUT2D eigenvalue weighted by Crippen LogP contribution is 2.27. The van der Waals surface area contributed by atoms with Crippen LogP contribution in [0.4, 0.5) is 17.1 Å². The van der Waals surface area contributed by atoms with Gasteiger partial charge in [-0.3, -0.25) is 0 Å². The number of hydrogen-bond donors (Lipinski definition) is 1. The first-order valence-electron chi connectivity index (χ1n) is 9.17. The molecule has 0 spiro atoms. The van der Waals surface area contributed by atoms with Crippen molar-refractivity contribution < 1.29 is 4.74 Å². The van der Waals surface area contributed by atoms with Crippen molar-refractivity contribution >= 4 is 17.1 Å². The van der Waals surface area contributed by atoms with E-state index in [0.29, 0.717) is 29.3 Å². The lowest BCUT2D eigenvalue weighted by Crippen LogP contribution is -1.99.